The van der Waals surface area contributed by atoms with Gasteiger partial charge < -0.3 is 9.47 Å². The predicted octanol–water partition coefficient (Wildman–Crippen LogP) is 2.24. The number of carbonyl (C=O) groups excluding carboxylic acids is 3. The fourth-order valence-corrected chi connectivity index (χ4v) is 2.19. The Labute approximate surface area is 129 Å². The van der Waals surface area contributed by atoms with Gasteiger partial charge >= 0.3 is 5.97 Å². The van der Waals surface area contributed by atoms with E-state index in [2.05, 4.69) is 6.58 Å². The van der Waals surface area contributed by atoms with Crippen molar-refractivity contribution in [1.29, 1.82) is 0 Å². The third kappa shape index (κ3) is 3.89. The number of Topliss-reactive ketones (excluding diaryl/α,β-unsaturated/α-hetero) is 2. The van der Waals surface area contributed by atoms with Gasteiger partial charge in [0.2, 0.25) is 0 Å². The van der Waals surface area contributed by atoms with Gasteiger partial charge in [0.1, 0.15) is 6.10 Å². The highest BCUT2D eigenvalue weighted by Gasteiger charge is 2.51. The molecule has 1 atom stereocenters. The Morgan fingerprint density at radius 3 is 2.09 bits per heavy atom. The summed E-state index contributed by atoms with van der Waals surface area (Å²) in [7, 11) is 0. The fraction of sp³-hybridized carbons (Fsp3) is 0.353. The first-order chi connectivity index (χ1) is 10.3. The second kappa shape index (κ2) is 7.66. The molecule has 1 aromatic rings. The molecule has 0 spiro atoms. The average Bonchev–Trinajstić information content (AvgIpc) is 2.46. The van der Waals surface area contributed by atoms with Crippen molar-refractivity contribution in [3.05, 3.63) is 48.6 Å². The van der Waals surface area contributed by atoms with E-state index in [1.54, 1.807) is 0 Å². The van der Waals surface area contributed by atoms with Gasteiger partial charge in [-0.15, -0.1) is 6.58 Å². The van der Waals surface area contributed by atoms with Crippen molar-refractivity contribution in [2.45, 2.75) is 39.1 Å². The van der Waals surface area contributed by atoms with Crippen LogP contribution in [0.15, 0.2) is 43.0 Å². The fourth-order valence-electron chi connectivity index (χ4n) is 2.19. The SMILES string of the molecule is C=CC(OCc1ccccc1)C(OC(C)=O)(C(C)=O)C(C)=O. The first kappa shape index (κ1) is 17.8. The molecule has 0 saturated carbocycles. The number of hydrogen-bond donors (Lipinski definition) is 0. The second-order valence-corrected chi connectivity index (χ2v) is 4.89. The quantitative estimate of drug-likeness (QED) is 0.418. The smallest absolute Gasteiger partial charge is 0.304 e. The van der Waals surface area contributed by atoms with E-state index in [0.29, 0.717) is 0 Å². The molecule has 0 heterocycles. The van der Waals surface area contributed by atoms with Gasteiger partial charge in [-0.2, -0.15) is 0 Å². The highest BCUT2D eigenvalue weighted by molar-refractivity contribution is 6.10. The van der Waals surface area contributed by atoms with Gasteiger partial charge in [0, 0.05) is 6.92 Å². The van der Waals surface area contributed by atoms with Crippen molar-refractivity contribution in [3.63, 3.8) is 0 Å². The summed E-state index contributed by atoms with van der Waals surface area (Å²) in [6.45, 7) is 7.26. The number of rotatable bonds is 8. The summed E-state index contributed by atoms with van der Waals surface area (Å²) in [5.74, 6) is -1.94. The average molecular weight is 304 g/mol. The topological polar surface area (TPSA) is 69.7 Å². The Kier molecular flexibility index (Phi) is 6.19. The van der Waals surface area contributed by atoms with Crippen LogP contribution in [0.5, 0.6) is 0 Å². The maximum Gasteiger partial charge on any atom is 0.304 e. The van der Waals surface area contributed by atoms with Crippen LogP contribution in [0, 0.1) is 0 Å². The molecule has 1 unspecified atom stereocenters. The molecule has 0 bridgehead atoms. The molecule has 0 N–H and O–H groups in total. The Bertz CT molecular complexity index is 548. The first-order valence-corrected chi connectivity index (χ1v) is 6.84. The van der Waals surface area contributed by atoms with Gasteiger partial charge in [0.15, 0.2) is 11.6 Å². The lowest BCUT2D eigenvalue weighted by Crippen LogP contribution is -2.57. The van der Waals surface area contributed by atoms with Gasteiger partial charge in [0.05, 0.1) is 6.61 Å². The van der Waals surface area contributed by atoms with Crippen LogP contribution < -0.4 is 0 Å². The van der Waals surface area contributed by atoms with E-state index >= 15 is 0 Å². The summed E-state index contributed by atoms with van der Waals surface area (Å²) in [5, 5.41) is 0. The van der Waals surface area contributed by atoms with Crippen molar-refractivity contribution in [1.82, 2.24) is 0 Å². The zero-order valence-electron chi connectivity index (χ0n) is 13.0. The van der Waals surface area contributed by atoms with Crippen molar-refractivity contribution < 1.29 is 23.9 Å². The van der Waals surface area contributed by atoms with Crippen molar-refractivity contribution in [2.24, 2.45) is 0 Å². The zero-order valence-corrected chi connectivity index (χ0v) is 13.0. The monoisotopic (exact) mass is 304 g/mol. The van der Waals surface area contributed by atoms with Gasteiger partial charge in [-0.3, -0.25) is 14.4 Å². The van der Waals surface area contributed by atoms with Crippen LogP contribution in [-0.2, 0) is 30.5 Å². The number of carbonyl (C=O) groups is 3. The van der Waals surface area contributed by atoms with Crippen molar-refractivity contribution >= 4 is 17.5 Å². The summed E-state index contributed by atoms with van der Waals surface area (Å²) < 4.78 is 10.7. The van der Waals surface area contributed by atoms with Crippen LogP contribution in [0.1, 0.15) is 26.3 Å². The van der Waals surface area contributed by atoms with E-state index in [4.69, 9.17) is 9.47 Å². The van der Waals surface area contributed by atoms with Crippen LogP contribution in [0.25, 0.3) is 0 Å². The van der Waals surface area contributed by atoms with Crippen LogP contribution in [-0.4, -0.2) is 29.2 Å². The summed E-state index contributed by atoms with van der Waals surface area (Å²) in [5.41, 5.74) is -1.14. The largest absolute Gasteiger partial charge is 0.440 e. The number of esters is 1. The van der Waals surface area contributed by atoms with Gasteiger partial charge in [0.25, 0.3) is 5.60 Å². The van der Waals surface area contributed by atoms with Crippen LogP contribution in [0.3, 0.4) is 0 Å². The maximum atomic E-state index is 12.0. The zero-order chi connectivity index (χ0) is 16.8. The summed E-state index contributed by atoms with van der Waals surface area (Å²) >= 11 is 0. The number of benzene rings is 1. The minimum atomic E-state index is -2.00. The molecule has 118 valence electrons. The lowest BCUT2D eigenvalue weighted by Gasteiger charge is -2.33. The van der Waals surface area contributed by atoms with E-state index in [1.165, 1.54) is 19.9 Å². The molecule has 0 aliphatic rings. The lowest BCUT2D eigenvalue weighted by molar-refractivity contribution is -0.183. The number of ether oxygens (including phenoxy) is 2. The van der Waals surface area contributed by atoms with E-state index < -0.39 is 29.2 Å². The van der Waals surface area contributed by atoms with E-state index in [9.17, 15) is 14.4 Å². The molecule has 22 heavy (non-hydrogen) atoms. The third-order valence-corrected chi connectivity index (χ3v) is 3.24. The summed E-state index contributed by atoms with van der Waals surface area (Å²) in [6, 6.07) is 9.24. The van der Waals surface area contributed by atoms with Crippen LogP contribution in [0.2, 0.25) is 0 Å². The molecule has 0 aliphatic heterocycles. The van der Waals surface area contributed by atoms with Crippen LogP contribution >= 0.6 is 0 Å². The molecule has 5 nitrogen and oxygen atoms in total. The molecular formula is C17H20O5. The van der Waals surface area contributed by atoms with Crippen molar-refractivity contribution in [3.8, 4) is 0 Å². The Balaban J connectivity index is 3.08. The Morgan fingerprint density at radius 2 is 1.68 bits per heavy atom. The van der Waals surface area contributed by atoms with Gasteiger partial charge in [-0.1, -0.05) is 36.4 Å². The van der Waals surface area contributed by atoms with E-state index in [-0.39, 0.29) is 6.61 Å². The molecule has 5 heteroatoms. The third-order valence-electron chi connectivity index (χ3n) is 3.24. The van der Waals surface area contributed by atoms with Crippen molar-refractivity contribution in [2.75, 3.05) is 0 Å². The highest BCUT2D eigenvalue weighted by atomic mass is 16.6. The molecule has 0 saturated heterocycles. The van der Waals surface area contributed by atoms with Gasteiger partial charge in [-0.25, -0.2) is 0 Å². The standard InChI is InChI=1S/C17H20O5/c1-5-16(21-11-15-9-7-6-8-10-15)17(12(2)18,13(3)19)22-14(4)20/h5-10,16H,1,11H2,2-4H3. The van der Waals surface area contributed by atoms with E-state index in [1.807, 2.05) is 30.3 Å². The normalized spacial score (nSPS) is 12.3. The minimum Gasteiger partial charge on any atom is -0.440 e. The maximum absolute atomic E-state index is 12.0. The van der Waals surface area contributed by atoms with Crippen LogP contribution in [0.4, 0.5) is 0 Å². The Morgan fingerprint density at radius 1 is 1.14 bits per heavy atom. The molecule has 0 aliphatic carbocycles. The molecule has 0 radical (unpaired) electrons. The minimum absolute atomic E-state index is 0.154. The molecular weight excluding hydrogens is 284 g/mol. The van der Waals surface area contributed by atoms with Gasteiger partial charge in [-0.05, 0) is 19.4 Å². The summed E-state index contributed by atoms with van der Waals surface area (Å²) in [6.07, 6.45) is 0.237. The molecule has 0 aromatic heterocycles. The number of hydrogen-bond acceptors (Lipinski definition) is 5. The highest BCUT2D eigenvalue weighted by Crippen LogP contribution is 2.25. The molecule has 0 fully saturated rings. The molecule has 1 aromatic carbocycles. The number of ketones is 2. The summed E-state index contributed by atoms with van der Waals surface area (Å²) in [4.78, 5) is 35.4. The lowest BCUT2D eigenvalue weighted by atomic mass is 9.87. The predicted molar refractivity (Wildman–Crippen MR) is 81.1 cm³/mol. The first-order valence-electron chi connectivity index (χ1n) is 6.84. The second-order valence-electron chi connectivity index (χ2n) is 4.89. The Hall–Kier alpha value is -2.27. The molecule has 0 amide bonds. The van der Waals surface area contributed by atoms with E-state index in [0.717, 1.165) is 12.5 Å². The molecule has 1 rings (SSSR count).